The molecular formula is C18H32O3. The van der Waals surface area contributed by atoms with Crippen LogP contribution in [0.4, 0.5) is 0 Å². The van der Waals surface area contributed by atoms with Gasteiger partial charge in [-0.25, -0.2) is 0 Å². The lowest BCUT2D eigenvalue weighted by atomic mass is 9.60. The minimum Gasteiger partial charge on any atom is -0.393 e. The van der Waals surface area contributed by atoms with E-state index < -0.39 is 12.2 Å². The summed E-state index contributed by atoms with van der Waals surface area (Å²) >= 11 is 0. The highest BCUT2D eigenvalue weighted by molar-refractivity contribution is 5.09. The van der Waals surface area contributed by atoms with E-state index in [9.17, 15) is 15.3 Å². The molecule has 3 fully saturated rings. The van der Waals surface area contributed by atoms with Crippen LogP contribution in [0.1, 0.15) is 65.7 Å². The maximum absolute atomic E-state index is 10.2. The molecule has 0 spiro atoms. The van der Waals surface area contributed by atoms with Crippen molar-refractivity contribution < 1.29 is 15.3 Å². The Bertz CT molecular complexity index is 386. The van der Waals surface area contributed by atoms with Crippen LogP contribution >= 0.6 is 0 Å². The molecule has 0 aromatic rings. The predicted octanol–water partition coefficient (Wildman–Crippen LogP) is 2.72. The highest BCUT2D eigenvalue weighted by atomic mass is 16.3. The second-order valence-corrected chi connectivity index (χ2v) is 9.00. The van der Waals surface area contributed by atoms with Crippen molar-refractivity contribution in [2.75, 3.05) is 0 Å². The third-order valence-corrected chi connectivity index (χ3v) is 7.24. The number of hydrogen-bond acceptors (Lipinski definition) is 3. The van der Waals surface area contributed by atoms with Gasteiger partial charge in [-0.2, -0.15) is 0 Å². The van der Waals surface area contributed by atoms with Crippen molar-refractivity contribution in [1.29, 1.82) is 0 Å². The van der Waals surface area contributed by atoms with E-state index in [1.54, 1.807) is 0 Å². The fourth-order valence-corrected chi connectivity index (χ4v) is 6.18. The van der Waals surface area contributed by atoms with E-state index in [0.29, 0.717) is 17.8 Å². The molecule has 0 radical (unpaired) electrons. The van der Waals surface area contributed by atoms with Crippen molar-refractivity contribution in [3.8, 4) is 0 Å². The Morgan fingerprint density at radius 3 is 1.86 bits per heavy atom. The van der Waals surface area contributed by atoms with Crippen molar-refractivity contribution in [2.45, 2.75) is 84.0 Å². The summed E-state index contributed by atoms with van der Waals surface area (Å²) in [5, 5.41) is 30.1. The van der Waals surface area contributed by atoms with E-state index in [2.05, 4.69) is 20.8 Å². The molecular weight excluding hydrogens is 264 g/mol. The SMILES string of the molecule is CC1(C)CC(C)(C2CCC(O)CC2)C2CC(O)C(O)CC21. The molecule has 122 valence electrons. The van der Waals surface area contributed by atoms with E-state index in [4.69, 9.17) is 0 Å². The molecule has 0 bridgehead atoms. The minimum atomic E-state index is -0.548. The monoisotopic (exact) mass is 296 g/mol. The van der Waals surface area contributed by atoms with Crippen LogP contribution in [-0.2, 0) is 0 Å². The van der Waals surface area contributed by atoms with Crippen molar-refractivity contribution in [3.05, 3.63) is 0 Å². The summed E-state index contributed by atoms with van der Waals surface area (Å²) in [5.74, 6) is 1.71. The Hall–Kier alpha value is -0.120. The molecule has 21 heavy (non-hydrogen) atoms. The van der Waals surface area contributed by atoms with Crippen LogP contribution in [0, 0.1) is 28.6 Å². The standard InChI is InChI=1S/C18H32O3/c1-17(2)10-18(3,11-4-6-12(19)7-5-11)14-9-16(21)15(20)8-13(14)17/h11-16,19-21H,4-10H2,1-3H3. The molecule has 3 rings (SSSR count). The Kier molecular flexibility index (Phi) is 3.91. The Morgan fingerprint density at radius 2 is 1.29 bits per heavy atom. The third-order valence-electron chi connectivity index (χ3n) is 7.24. The van der Waals surface area contributed by atoms with Crippen LogP contribution in [0.3, 0.4) is 0 Å². The Balaban J connectivity index is 1.85. The quantitative estimate of drug-likeness (QED) is 0.697. The fraction of sp³-hybridized carbons (Fsp3) is 1.00. The van der Waals surface area contributed by atoms with E-state index in [0.717, 1.165) is 38.5 Å². The van der Waals surface area contributed by atoms with Gasteiger partial charge in [-0.15, -0.1) is 0 Å². The summed E-state index contributed by atoms with van der Waals surface area (Å²) in [6.07, 6.45) is 5.62. The average Bonchev–Trinajstić information content (AvgIpc) is 2.59. The second-order valence-electron chi connectivity index (χ2n) is 9.00. The molecule has 5 atom stereocenters. The summed E-state index contributed by atoms with van der Waals surface area (Å²) < 4.78 is 0. The van der Waals surface area contributed by atoms with Crippen LogP contribution in [0.15, 0.2) is 0 Å². The van der Waals surface area contributed by atoms with Gasteiger partial charge in [-0.05, 0) is 73.5 Å². The molecule has 3 aliphatic carbocycles. The molecule has 0 aromatic carbocycles. The third kappa shape index (κ3) is 2.55. The zero-order valence-corrected chi connectivity index (χ0v) is 13.8. The summed E-state index contributed by atoms with van der Waals surface area (Å²) in [6.45, 7) is 7.11. The maximum Gasteiger partial charge on any atom is 0.0802 e. The summed E-state index contributed by atoms with van der Waals surface area (Å²) in [4.78, 5) is 0. The maximum atomic E-state index is 10.2. The van der Waals surface area contributed by atoms with Crippen LogP contribution in [0.2, 0.25) is 0 Å². The van der Waals surface area contributed by atoms with Gasteiger partial charge in [0.2, 0.25) is 0 Å². The minimum absolute atomic E-state index is 0.103. The van der Waals surface area contributed by atoms with E-state index >= 15 is 0 Å². The second kappa shape index (κ2) is 5.21. The molecule has 0 amide bonds. The van der Waals surface area contributed by atoms with Crippen LogP contribution in [0.5, 0.6) is 0 Å². The van der Waals surface area contributed by atoms with Gasteiger partial charge in [0.05, 0.1) is 18.3 Å². The predicted molar refractivity (Wildman–Crippen MR) is 82.7 cm³/mol. The molecule has 3 aliphatic rings. The normalized spacial score (nSPS) is 53.4. The van der Waals surface area contributed by atoms with Gasteiger partial charge in [0.25, 0.3) is 0 Å². The first kappa shape index (κ1) is 15.8. The van der Waals surface area contributed by atoms with Gasteiger partial charge < -0.3 is 15.3 Å². The average molecular weight is 296 g/mol. The molecule has 0 aliphatic heterocycles. The molecule has 0 aromatic heterocycles. The molecule has 3 heteroatoms. The largest absolute Gasteiger partial charge is 0.393 e. The number of aliphatic hydroxyl groups excluding tert-OH is 3. The van der Waals surface area contributed by atoms with Crippen molar-refractivity contribution in [2.24, 2.45) is 28.6 Å². The summed E-state index contributed by atoms with van der Waals surface area (Å²) in [6, 6.07) is 0. The van der Waals surface area contributed by atoms with Crippen molar-refractivity contribution >= 4 is 0 Å². The van der Waals surface area contributed by atoms with Crippen LogP contribution in [0.25, 0.3) is 0 Å². The lowest BCUT2D eigenvalue weighted by Crippen LogP contribution is -2.45. The lowest BCUT2D eigenvalue weighted by Gasteiger charge is -2.46. The Morgan fingerprint density at radius 1 is 0.762 bits per heavy atom. The van der Waals surface area contributed by atoms with Crippen molar-refractivity contribution in [3.63, 3.8) is 0 Å². The first-order chi connectivity index (χ1) is 9.74. The number of hydrogen-bond donors (Lipinski definition) is 3. The van der Waals surface area contributed by atoms with Gasteiger partial charge in [-0.3, -0.25) is 0 Å². The van der Waals surface area contributed by atoms with Gasteiger partial charge >= 0.3 is 0 Å². The first-order valence-corrected chi connectivity index (χ1v) is 8.78. The zero-order chi connectivity index (χ0) is 15.4. The van der Waals surface area contributed by atoms with E-state index in [-0.39, 0.29) is 16.9 Å². The topological polar surface area (TPSA) is 60.7 Å². The van der Waals surface area contributed by atoms with Gasteiger partial charge in [0, 0.05) is 0 Å². The first-order valence-electron chi connectivity index (χ1n) is 8.78. The number of fused-ring (bicyclic) bond motifs is 1. The molecule has 0 saturated heterocycles. The zero-order valence-electron chi connectivity index (χ0n) is 13.8. The van der Waals surface area contributed by atoms with E-state index in [1.807, 2.05) is 0 Å². The lowest BCUT2D eigenvalue weighted by molar-refractivity contribution is -0.0783. The van der Waals surface area contributed by atoms with Crippen molar-refractivity contribution in [1.82, 2.24) is 0 Å². The summed E-state index contributed by atoms with van der Waals surface area (Å²) in [5.41, 5.74) is 0.506. The molecule has 3 N–H and O–H groups in total. The summed E-state index contributed by atoms with van der Waals surface area (Å²) in [7, 11) is 0. The highest BCUT2D eigenvalue weighted by Crippen LogP contribution is 2.65. The molecule has 3 saturated carbocycles. The fourth-order valence-electron chi connectivity index (χ4n) is 6.18. The number of rotatable bonds is 1. The molecule has 3 nitrogen and oxygen atoms in total. The number of aliphatic hydroxyl groups is 3. The van der Waals surface area contributed by atoms with Gasteiger partial charge in [0.1, 0.15) is 0 Å². The smallest absolute Gasteiger partial charge is 0.0802 e. The molecule has 5 unspecified atom stereocenters. The van der Waals surface area contributed by atoms with Gasteiger partial charge in [-0.1, -0.05) is 20.8 Å². The van der Waals surface area contributed by atoms with E-state index in [1.165, 1.54) is 6.42 Å². The molecule has 0 heterocycles. The highest BCUT2D eigenvalue weighted by Gasteiger charge is 2.59. The van der Waals surface area contributed by atoms with Crippen LogP contribution < -0.4 is 0 Å². The van der Waals surface area contributed by atoms with Crippen LogP contribution in [-0.4, -0.2) is 33.6 Å². The Labute approximate surface area is 128 Å². The van der Waals surface area contributed by atoms with Gasteiger partial charge in [0.15, 0.2) is 0 Å².